The third kappa shape index (κ3) is 4.47. The number of ether oxygens (including phenoxy) is 1. The second kappa shape index (κ2) is 7.81. The van der Waals surface area contributed by atoms with E-state index in [9.17, 15) is 8.42 Å². The van der Waals surface area contributed by atoms with Gasteiger partial charge >= 0.3 is 0 Å². The molecular formula is C22H18N2O4S. The maximum Gasteiger partial charge on any atom is 0.263 e. The van der Waals surface area contributed by atoms with Crippen molar-refractivity contribution < 1.29 is 17.7 Å². The summed E-state index contributed by atoms with van der Waals surface area (Å²) in [6, 6.07) is 25.4. The maximum absolute atomic E-state index is 12.4. The number of aromatic nitrogens is 1. The van der Waals surface area contributed by atoms with E-state index >= 15 is 0 Å². The fraction of sp³-hybridized carbons (Fsp3) is 0.0455. The Hall–Kier alpha value is -3.58. The molecule has 0 fully saturated rings. The second-order valence-corrected chi connectivity index (χ2v) is 8.07. The Labute approximate surface area is 168 Å². The highest BCUT2D eigenvalue weighted by atomic mass is 32.2. The van der Waals surface area contributed by atoms with Gasteiger partial charge in [-0.3, -0.25) is 4.72 Å². The highest BCUT2D eigenvalue weighted by Crippen LogP contribution is 2.27. The van der Waals surface area contributed by atoms with Gasteiger partial charge in [0.05, 0.1) is 4.90 Å². The number of hydrogen-bond donors (Lipinski definition) is 1. The van der Waals surface area contributed by atoms with Gasteiger partial charge in [0.1, 0.15) is 17.3 Å². The van der Waals surface area contributed by atoms with Crippen LogP contribution in [-0.4, -0.2) is 13.6 Å². The highest BCUT2D eigenvalue weighted by Gasteiger charge is 2.16. The average molecular weight is 406 g/mol. The monoisotopic (exact) mass is 406 g/mol. The van der Waals surface area contributed by atoms with Crippen LogP contribution in [0.5, 0.6) is 11.5 Å². The Balaban J connectivity index is 1.45. The van der Waals surface area contributed by atoms with Gasteiger partial charge in [-0.25, -0.2) is 8.42 Å². The first-order valence-electron chi connectivity index (χ1n) is 8.89. The van der Waals surface area contributed by atoms with E-state index < -0.39 is 10.0 Å². The molecule has 0 aliphatic heterocycles. The van der Waals surface area contributed by atoms with E-state index in [1.54, 1.807) is 19.1 Å². The molecule has 0 saturated carbocycles. The third-order valence-electron chi connectivity index (χ3n) is 4.20. The topological polar surface area (TPSA) is 81.4 Å². The predicted octanol–water partition coefficient (Wildman–Crippen LogP) is 5.24. The van der Waals surface area contributed by atoms with Gasteiger partial charge in [-0.2, -0.15) is 0 Å². The van der Waals surface area contributed by atoms with E-state index in [0.717, 1.165) is 11.1 Å². The quantitative estimate of drug-likeness (QED) is 0.473. The lowest BCUT2D eigenvalue weighted by atomic mass is 10.1. The SMILES string of the molecule is Cc1cc(NS(=O)(=O)c2ccc(Oc3ccc(-c4ccccc4)cc3)cc2)no1. The van der Waals surface area contributed by atoms with Crippen molar-refractivity contribution in [3.05, 3.63) is 90.7 Å². The zero-order valence-corrected chi connectivity index (χ0v) is 16.4. The van der Waals surface area contributed by atoms with Crippen LogP contribution in [0.2, 0.25) is 0 Å². The van der Waals surface area contributed by atoms with Gasteiger partial charge in [-0.15, -0.1) is 0 Å². The number of nitrogens with one attached hydrogen (secondary N) is 1. The Morgan fingerprint density at radius 3 is 2.00 bits per heavy atom. The van der Waals surface area contributed by atoms with Gasteiger partial charge in [0, 0.05) is 6.07 Å². The first kappa shape index (κ1) is 18.8. The molecule has 0 spiro atoms. The molecule has 0 aliphatic carbocycles. The van der Waals surface area contributed by atoms with Crippen molar-refractivity contribution in [2.75, 3.05) is 4.72 Å². The predicted molar refractivity (Wildman–Crippen MR) is 110 cm³/mol. The minimum Gasteiger partial charge on any atom is -0.457 e. The molecular weight excluding hydrogens is 388 g/mol. The molecule has 1 N–H and O–H groups in total. The molecule has 0 unspecified atom stereocenters. The van der Waals surface area contributed by atoms with Gasteiger partial charge in [0.2, 0.25) is 0 Å². The van der Waals surface area contributed by atoms with E-state index in [1.165, 1.54) is 18.2 Å². The van der Waals surface area contributed by atoms with Gasteiger partial charge in [-0.1, -0.05) is 47.6 Å². The summed E-state index contributed by atoms with van der Waals surface area (Å²) in [7, 11) is -3.75. The Bertz CT molecular complexity index is 1200. The van der Waals surface area contributed by atoms with Gasteiger partial charge in [0.25, 0.3) is 10.0 Å². The number of rotatable bonds is 6. The zero-order valence-electron chi connectivity index (χ0n) is 15.6. The fourth-order valence-corrected chi connectivity index (χ4v) is 3.76. The number of benzene rings is 3. The van der Waals surface area contributed by atoms with E-state index in [0.29, 0.717) is 17.3 Å². The molecule has 29 heavy (non-hydrogen) atoms. The molecule has 0 atom stereocenters. The standard InChI is InChI=1S/C22H18N2O4S/c1-16-15-22(23-28-16)24-29(25,26)21-13-11-20(12-14-21)27-19-9-7-18(8-10-19)17-5-3-2-4-6-17/h2-15H,1H3,(H,23,24). The summed E-state index contributed by atoms with van der Waals surface area (Å²) in [5, 5.41) is 3.64. The number of hydrogen-bond acceptors (Lipinski definition) is 5. The van der Waals surface area contributed by atoms with Gasteiger partial charge < -0.3 is 9.26 Å². The molecule has 4 aromatic rings. The highest BCUT2D eigenvalue weighted by molar-refractivity contribution is 7.92. The van der Waals surface area contributed by atoms with E-state index in [1.807, 2.05) is 54.6 Å². The summed E-state index contributed by atoms with van der Waals surface area (Å²) >= 11 is 0. The molecule has 4 rings (SSSR count). The fourth-order valence-electron chi connectivity index (χ4n) is 2.78. The zero-order chi connectivity index (χ0) is 20.3. The first-order valence-corrected chi connectivity index (χ1v) is 10.4. The van der Waals surface area contributed by atoms with Crippen LogP contribution in [0.1, 0.15) is 5.76 Å². The van der Waals surface area contributed by atoms with Crippen molar-refractivity contribution in [1.82, 2.24) is 5.16 Å². The smallest absolute Gasteiger partial charge is 0.263 e. The van der Waals surface area contributed by atoms with E-state index in [4.69, 9.17) is 9.26 Å². The van der Waals surface area contributed by atoms with Crippen molar-refractivity contribution in [2.24, 2.45) is 0 Å². The van der Waals surface area contributed by atoms with Crippen LogP contribution in [0.25, 0.3) is 11.1 Å². The molecule has 1 aromatic heterocycles. The van der Waals surface area contributed by atoms with Crippen LogP contribution >= 0.6 is 0 Å². The van der Waals surface area contributed by atoms with E-state index in [2.05, 4.69) is 9.88 Å². The summed E-state index contributed by atoms with van der Waals surface area (Å²) in [4.78, 5) is 0.102. The molecule has 7 heteroatoms. The lowest BCUT2D eigenvalue weighted by Crippen LogP contribution is -2.12. The summed E-state index contributed by atoms with van der Waals surface area (Å²) in [5.41, 5.74) is 2.22. The summed E-state index contributed by atoms with van der Waals surface area (Å²) < 4.78 is 37.9. The van der Waals surface area contributed by atoms with Crippen LogP contribution in [-0.2, 0) is 10.0 Å². The van der Waals surface area contributed by atoms with Crippen molar-refractivity contribution >= 4 is 15.8 Å². The van der Waals surface area contributed by atoms with Crippen LogP contribution in [0.3, 0.4) is 0 Å². The van der Waals surface area contributed by atoms with Crippen LogP contribution in [0.4, 0.5) is 5.82 Å². The molecule has 0 radical (unpaired) electrons. The van der Waals surface area contributed by atoms with Crippen molar-refractivity contribution in [2.45, 2.75) is 11.8 Å². The lowest BCUT2D eigenvalue weighted by molar-refractivity contribution is 0.400. The molecule has 146 valence electrons. The van der Waals surface area contributed by atoms with E-state index in [-0.39, 0.29) is 10.7 Å². The summed E-state index contributed by atoms with van der Waals surface area (Å²) in [5.74, 6) is 1.86. The number of anilines is 1. The van der Waals surface area contributed by atoms with Crippen LogP contribution < -0.4 is 9.46 Å². The number of nitrogens with zero attached hydrogens (tertiary/aromatic N) is 1. The molecule has 0 bridgehead atoms. The molecule has 0 saturated heterocycles. The van der Waals surface area contributed by atoms with Gasteiger partial charge in [0.15, 0.2) is 5.82 Å². The largest absolute Gasteiger partial charge is 0.457 e. The Morgan fingerprint density at radius 2 is 1.41 bits per heavy atom. The molecule has 3 aromatic carbocycles. The first-order chi connectivity index (χ1) is 14.0. The Morgan fingerprint density at radius 1 is 0.828 bits per heavy atom. The summed E-state index contributed by atoms with van der Waals surface area (Å²) in [6.45, 7) is 1.68. The lowest BCUT2D eigenvalue weighted by Gasteiger charge is -2.09. The Kier molecular flexibility index (Phi) is 5.05. The number of sulfonamides is 1. The van der Waals surface area contributed by atoms with Crippen molar-refractivity contribution in [3.63, 3.8) is 0 Å². The van der Waals surface area contributed by atoms with Crippen LogP contribution in [0.15, 0.2) is 94.3 Å². The average Bonchev–Trinajstić information content (AvgIpc) is 3.13. The minimum atomic E-state index is -3.75. The van der Waals surface area contributed by atoms with Crippen molar-refractivity contribution in [3.8, 4) is 22.6 Å². The number of aryl methyl sites for hydroxylation is 1. The molecule has 0 amide bonds. The maximum atomic E-state index is 12.4. The van der Waals surface area contributed by atoms with Crippen molar-refractivity contribution in [1.29, 1.82) is 0 Å². The minimum absolute atomic E-state index is 0.102. The molecule has 0 aliphatic rings. The summed E-state index contributed by atoms with van der Waals surface area (Å²) in [6.07, 6.45) is 0. The third-order valence-corrected chi connectivity index (χ3v) is 5.57. The normalized spacial score (nSPS) is 11.2. The second-order valence-electron chi connectivity index (χ2n) is 6.39. The van der Waals surface area contributed by atoms with Crippen LogP contribution in [0, 0.1) is 6.92 Å². The van der Waals surface area contributed by atoms with Gasteiger partial charge in [-0.05, 0) is 54.4 Å². The molecule has 6 nitrogen and oxygen atoms in total. The molecule has 1 heterocycles.